The van der Waals surface area contributed by atoms with E-state index in [2.05, 4.69) is 37.1 Å². The second kappa shape index (κ2) is 10.6. The Bertz CT molecular complexity index is 1350. The molecule has 3 aromatic heterocycles. The summed E-state index contributed by atoms with van der Waals surface area (Å²) in [6.07, 6.45) is 9.13. The van der Waals surface area contributed by atoms with E-state index < -0.39 is 0 Å². The van der Waals surface area contributed by atoms with Crippen LogP contribution in [0.5, 0.6) is 11.5 Å². The van der Waals surface area contributed by atoms with Crippen molar-refractivity contribution in [2.24, 2.45) is 0 Å². The van der Waals surface area contributed by atoms with E-state index in [0.29, 0.717) is 5.75 Å². The fourth-order valence-electron chi connectivity index (χ4n) is 4.86. The van der Waals surface area contributed by atoms with Gasteiger partial charge in [0, 0.05) is 62.5 Å². The first-order valence-corrected chi connectivity index (χ1v) is 13.7. The number of rotatable bonds is 6. The molecule has 1 saturated heterocycles. The van der Waals surface area contributed by atoms with Crippen molar-refractivity contribution in [2.45, 2.75) is 37.8 Å². The summed E-state index contributed by atoms with van der Waals surface area (Å²) in [4.78, 5) is 22.9. The lowest BCUT2D eigenvalue weighted by molar-refractivity contribution is 0.116. The van der Waals surface area contributed by atoms with E-state index in [9.17, 15) is 5.11 Å². The van der Waals surface area contributed by atoms with Gasteiger partial charge >= 0.3 is 0 Å². The molecule has 1 saturated carbocycles. The smallest absolute Gasteiger partial charge is 0.225 e. The molecular weight excluding hydrogens is 486 g/mol. The predicted octanol–water partition coefficient (Wildman–Crippen LogP) is 4.41. The number of aliphatic hydroxyl groups is 1. The van der Waals surface area contributed by atoms with Gasteiger partial charge in [-0.1, -0.05) is 24.2 Å². The van der Waals surface area contributed by atoms with Gasteiger partial charge in [0.05, 0.1) is 28.1 Å². The molecule has 1 aromatic carbocycles. The normalized spacial score (nSPS) is 20.8. The second-order valence-corrected chi connectivity index (χ2v) is 10.8. The lowest BCUT2D eigenvalue weighted by Crippen LogP contribution is -2.45. The van der Waals surface area contributed by atoms with Gasteiger partial charge in [0.15, 0.2) is 5.13 Å². The van der Waals surface area contributed by atoms with Gasteiger partial charge < -0.3 is 25.0 Å². The Morgan fingerprint density at radius 3 is 2.57 bits per heavy atom. The maximum Gasteiger partial charge on any atom is 0.225 e. The third-order valence-electron chi connectivity index (χ3n) is 7.09. The molecule has 2 N–H and O–H groups in total. The van der Waals surface area contributed by atoms with E-state index in [4.69, 9.17) is 9.72 Å². The zero-order chi connectivity index (χ0) is 25.2. The van der Waals surface area contributed by atoms with Crippen LogP contribution in [0.2, 0.25) is 0 Å². The van der Waals surface area contributed by atoms with Crippen LogP contribution >= 0.6 is 11.3 Å². The summed E-state index contributed by atoms with van der Waals surface area (Å²) >= 11 is 1.58. The Balaban J connectivity index is 1.14. The third kappa shape index (κ3) is 5.51. The van der Waals surface area contributed by atoms with Crippen molar-refractivity contribution in [3.05, 3.63) is 48.9 Å². The Morgan fingerprint density at radius 2 is 1.76 bits per heavy atom. The molecule has 4 aromatic rings. The van der Waals surface area contributed by atoms with Crippen molar-refractivity contribution in [1.29, 1.82) is 0 Å². The molecule has 0 bridgehead atoms. The van der Waals surface area contributed by atoms with Crippen molar-refractivity contribution in [2.75, 3.05) is 43.4 Å². The van der Waals surface area contributed by atoms with Crippen LogP contribution in [0.1, 0.15) is 25.7 Å². The van der Waals surface area contributed by atoms with Crippen LogP contribution in [0.25, 0.3) is 21.5 Å². The molecular formula is C27H31N7O2S. The van der Waals surface area contributed by atoms with E-state index in [1.807, 2.05) is 42.7 Å². The molecule has 2 aliphatic rings. The molecule has 1 aliphatic carbocycles. The minimum atomic E-state index is -0.311. The minimum absolute atomic E-state index is 0.0693. The summed E-state index contributed by atoms with van der Waals surface area (Å²) in [6.45, 7) is 3.89. The molecule has 4 heterocycles. The largest absolute Gasteiger partial charge is 0.457 e. The number of pyridine rings is 1. The molecule has 6 rings (SSSR count). The van der Waals surface area contributed by atoms with E-state index in [0.717, 1.165) is 90.2 Å². The van der Waals surface area contributed by atoms with Crippen LogP contribution in [0.4, 0.5) is 11.1 Å². The van der Waals surface area contributed by atoms with Gasteiger partial charge in [-0.25, -0.2) is 15.0 Å². The molecule has 9 nitrogen and oxygen atoms in total. The van der Waals surface area contributed by atoms with Crippen molar-refractivity contribution >= 4 is 32.6 Å². The third-order valence-corrected chi connectivity index (χ3v) is 8.03. The van der Waals surface area contributed by atoms with Crippen molar-refractivity contribution in [3.8, 4) is 22.8 Å². The quantitative estimate of drug-likeness (QED) is 0.385. The lowest BCUT2D eigenvalue weighted by Gasteiger charge is -2.32. The van der Waals surface area contributed by atoms with Crippen LogP contribution < -0.4 is 15.0 Å². The SMILES string of the molecule is CN1CCN(c2ncc(-c3cc(Oc4ccc5nc(N[C@@H]6CCCC[C@H]6O)sc5c4)ccn3)cn2)CC1. The zero-order valence-electron chi connectivity index (χ0n) is 20.9. The number of anilines is 2. The zero-order valence-corrected chi connectivity index (χ0v) is 21.7. The fraction of sp³-hybridized carbons (Fsp3) is 0.407. The first-order valence-electron chi connectivity index (χ1n) is 12.9. The van der Waals surface area contributed by atoms with Crippen molar-refractivity contribution < 1.29 is 9.84 Å². The Morgan fingerprint density at radius 1 is 0.973 bits per heavy atom. The number of likely N-dealkylation sites (N-methyl/N-ethyl adjacent to an activating group) is 1. The van der Waals surface area contributed by atoms with Crippen LogP contribution in [-0.2, 0) is 0 Å². The highest BCUT2D eigenvalue weighted by atomic mass is 32.1. The predicted molar refractivity (Wildman–Crippen MR) is 147 cm³/mol. The number of nitrogens with zero attached hydrogens (tertiary/aromatic N) is 6. The molecule has 0 spiro atoms. The highest BCUT2D eigenvalue weighted by Crippen LogP contribution is 2.33. The van der Waals surface area contributed by atoms with Crippen LogP contribution in [0.3, 0.4) is 0 Å². The van der Waals surface area contributed by atoms with Crippen LogP contribution in [0.15, 0.2) is 48.9 Å². The average molecular weight is 518 g/mol. The maximum absolute atomic E-state index is 10.3. The van der Waals surface area contributed by atoms with Crippen molar-refractivity contribution in [1.82, 2.24) is 24.8 Å². The van der Waals surface area contributed by atoms with E-state index in [-0.39, 0.29) is 12.1 Å². The first-order chi connectivity index (χ1) is 18.1. The highest BCUT2D eigenvalue weighted by molar-refractivity contribution is 7.22. The Kier molecular flexibility index (Phi) is 6.86. The van der Waals surface area contributed by atoms with Gasteiger partial charge in [0.2, 0.25) is 5.95 Å². The Labute approximate surface area is 220 Å². The number of hydrogen-bond acceptors (Lipinski definition) is 10. The average Bonchev–Trinajstić information content (AvgIpc) is 3.32. The maximum atomic E-state index is 10.3. The summed E-state index contributed by atoms with van der Waals surface area (Å²) in [5.41, 5.74) is 2.53. The minimum Gasteiger partial charge on any atom is -0.457 e. The molecule has 10 heteroatoms. The number of hydrogen-bond donors (Lipinski definition) is 2. The number of ether oxygens (including phenoxy) is 1. The Hall–Kier alpha value is -3.34. The van der Waals surface area contributed by atoms with Crippen LogP contribution in [-0.4, -0.2) is 75.3 Å². The molecule has 2 atom stereocenters. The van der Waals surface area contributed by atoms with Gasteiger partial charge in [-0.3, -0.25) is 4.98 Å². The second-order valence-electron chi connectivity index (χ2n) is 9.79. The number of nitrogens with one attached hydrogen (secondary N) is 1. The summed E-state index contributed by atoms with van der Waals surface area (Å²) < 4.78 is 7.21. The molecule has 192 valence electrons. The topological polar surface area (TPSA) is 99.5 Å². The molecule has 2 fully saturated rings. The first kappa shape index (κ1) is 24.0. The summed E-state index contributed by atoms with van der Waals surface area (Å²) in [5.74, 6) is 2.19. The summed E-state index contributed by atoms with van der Waals surface area (Å²) in [7, 11) is 2.14. The molecule has 1 aliphatic heterocycles. The molecule has 0 amide bonds. The fourth-order valence-corrected chi connectivity index (χ4v) is 5.82. The van der Waals surface area contributed by atoms with Gasteiger partial charge in [0.1, 0.15) is 11.5 Å². The lowest BCUT2D eigenvalue weighted by atomic mass is 9.93. The van der Waals surface area contributed by atoms with E-state index in [1.165, 1.54) is 0 Å². The number of benzene rings is 1. The summed E-state index contributed by atoms with van der Waals surface area (Å²) in [5, 5.41) is 14.5. The molecule has 0 radical (unpaired) electrons. The van der Waals surface area contributed by atoms with Crippen LogP contribution in [0, 0.1) is 0 Å². The van der Waals surface area contributed by atoms with E-state index in [1.54, 1.807) is 17.5 Å². The number of aliphatic hydroxyl groups excluding tert-OH is 1. The van der Waals surface area contributed by atoms with Gasteiger partial charge in [-0.15, -0.1) is 0 Å². The number of piperazine rings is 1. The summed E-state index contributed by atoms with van der Waals surface area (Å²) in [6, 6.07) is 9.72. The van der Waals surface area contributed by atoms with Gasteiger partial charge in [0.25, 0.3) is 0 Å². The highest BCUT2D eigenvalue weighted by Gasteiger charge is 2.24. The number of fused-ring (bicyclic) bond motifs is 1. The van der Waals surface area contributed by atoms with Gasteiger partial charge in [-0.2, -0.15) is 0 Å². The molecule has 0 unspecified atom stereocenters. The van der Waals surface area contributed by atoms with E-state index >= 15 is 0 Å². The monoisotopic (exact) mass is 517 g/mol. The molecule has 37 heavy (non-hydrogen) atoms. The standard InChI is InChI=1S/C27H31N7O2S/c1-33-10-12-34(13-11-33)26-29-16-18(17-30-26)23-14-20(8-9-28-23)36-19-6-7-22-25(15-19)37-27(32-22)31-21-4-2-3-5-24(21)35/h6-9,14-17,21,24,35H,2-5,10-13H2,1H3,(H,31,32)/t21-,24-/m1/s1. The number of aromatic nitrogens is 4. The van der Waals surface area contributed by atoms with Gasteiger partial charge in [-0.05, 0) is 38.1 Å². The van der Waals surface area contributed by atoms with Crippen molar-refractivity contribution in [3.63, 3.8) is 0 Å². The number of thiazole rings is 1.